The summed E-state index contributed by atoms with van der Waals surface area (Å²) >= 11 is 0. The van der Waals surface area contributed by atoms with E-state index >= 15 is 0 Å². The Morgan fingerprint density at radius 3 is 2.65 bits per heavy atom. The summed E-state index contributed by atoms with van der Waals surface area (Å²) in [6.45, 7) is 7.24. The lowest BCUT2D eigenvalue weighted by atomic mass is 10.1. The molecule has 0 radical (unpaired) electrons. The topological polar surface area (TPSA) is 50.4 Å². The molecular formula is C16H26N2O2. The molecule has 112 valence electrons. The summed E-state index contributed by atoms with van der Waals surface area (Å²) in [5, 5.41) is 6.22. The van der Waals surface area contributed by atoms with Crippen LogP contribution in [0.25, 0.3) is 0 Å². The van der Waals surface area contributed by atoms with E-state index in [-0.39, 0.29) is 18.0 Å². The van der Waals surface area contributed by atoms with Crippen LogP contribution in [-0.2, 0) is 22.7 Å². The van der Waals surface area contributed by atoms with Gasteiger partial charge in [-0.2, -0.15) is 0 Å². The van der Waals surface area contributed by atoms with Gasteiger partial charge in [0.1, 0.15) is 0 Å². The summed E-state index contributed by atoms with van der Waals surface area (Å²) in [6, 6.07) is 8.20. The average Bonchev–Trinajstić information content (AvgIpc) is 2.45. The summed E-state index contributed by atoms with van der Waals surface area (Å²) in [5.74, 6) is 0.0485. The van der Waals surface area contributed by atoms with E-state index in [0.29, 0.717) is 13.2 Å². The largest absolute Gasteiger partial charge is 0.380 e. The molecule has 0 bridgehead atoms. The van der Waals surface area contributed by atoms with Crippen LogP contribution in [-0.4, -0.2) is 25.1 Å². The van der Waals surface area contributed by atoms with Crippen LogP contribution >= 0.6 is 0 Å². The van der Waals surface area contributed by atoms with Gasteiger partial charge in [-0.25, -0.2) is 0 Å². The normalized spacial score (nSPS) is 13.8. The van der Waals surface area contributed by atoms with Crippen LogP contribution in [0, 0.1) is 0 Å². The Kier molecular flexibility index (Phi) is 7.26. The van der Waals surface area contributed by atoms with Crippen molar-refractivity contribution in [1.29, 1.82) is 0 Å². The summed E-state index contributed by atoms with van der Waals surface area (Å²) in [7, 11) is 1.69. The fourth-order valence-electron chi connectivity index (χ4n) is 1.83. The molecule has 0 spiro atoms. The van der Waals surface area contributed by atoms with Crippen LogP contribution in [0.15, 0.2) is 24.3 Å². The van der Waals surface area contributed by atoms with Crippen LogP contribution in [0.1, 0.15) is 38.3 Å². The Morgan fingerprint density at radius 2 is 2.00 bits per heavy atom. The zero-order chi connectivity index (χ0) is 15.0. The van der Waals surface area contributed by atoms with Gasteiger partial charge < -0.3 is 15.4 Å². The zero-order valence-corrected chi connectivity index (χ0v) is 12.9. The second-order valence-electron chi connectivity index (χ2n) is 5.17. The number of hydrogen-bond acceptors (Lipinski definition) is 3. The molecule has 1 amide bonds. The second-order valence-corrected chi connectivity index (χ2v) is 5.17. The Bertz CT molecular complexity index is 421. The van der Waals surface area contributed by atoms with E-state index in [9.17, 15) is 4.79 Å². The number of methoxy groups -OCH3 is 1. The van der Waals surface area contributed by atoms with E-state index in [2.05, 4.69) is 23.6 Å². The Labute approximate surface area is 121 Å². The minimum Gasteiger partial charge on any atom is -0.380 e. The van der Waals surface area contributed by atoms with Crippen LogP contribution < -0.4 is 10.6 Å². The summed E-state index contributed by atoms with van der Waals surface area (Å²) in [5.41, 5.74) is 2.30. The monoisotopic (exact) mass is 278 g/mol. The van der Waals surface area contributed by atoms with E-state index < -0.39 is 0 Å². The van der Waals surface area contributed by atoms with Crippen LogP contribution in [0.2, 0.25) is 0 Å². The van der Waals surface area contributed by atoms with Gasteiger partial charge in [0.2, 0.25) is 5.91 Å². The average molecular weight is 278 g/mol. The summed E-state index contributed by atoms with van der Waals surface area (Å²) < 4.78 is 5.12. The van der Waals surface area contributed by atoms with Gasteiger partial charge in [-0.15, -0.1) is 0 Å². The van der Waals surface area contributed by atoms with Gasteiger partial charge in [-0.05, 0) is 31.4 Å². The highest BCUT2D eigenvalue weighted by Crippen LogP contribution is 2.06. The molecule has 0 aliphatic rings. The predicted octanol–water partition coefficient (Wildman–Crippen LogP) is 2.23. The molecule has 0 fully saturated rings. The van der Waals surface area contributed by atoms with Gasteiger partial charge in [0, 0.05) is 19.7 Å². The number of amides is 1. The molecule has 1 rings (SSSR count). The molecule has 20 heavy (non-hydrogen) atoms. The van der Waals surface area contributed by atoms with Gasteiger partial charge >= 0.3 is 0 Å². The molecule has 1 aromatic carbocycles. The van der Waals surface area contributed by atoms with E-state index in [1.165, 1.54) is 0 Å². The van der Waals surface area contributed by atoms with Crippen molar-refractivity contribution in [3.63, 3.8) is 0 Å². The highest BCUT2D eigenvalue weighted by Gasteiger charge is 2.13. The first-order valence-corrected chi connectivity index (χ1v) is 7.17. The summed E-state index contributed by atoms with van der Waals surface area (Å²) in [6.07, 6.45) is 0.942. The van der Waals surface area contributed by atoms with E-state index in [4.69, 9.17) is 4.74 Å². The lowest BCUT2D eigenvalue weighted by molar-refractivity contribution is -0.123. The highest BCUT2D eigenvalue weighted by atomic mass is 16.5. The molecule has 0 aromatic heterocycles. The smallest absolute Gasteiger partial charge is 0.237 e. The van der Waals surface area contributed by atoms with Gasteiger partial charge in [-0.1, -0.05) is 31.2 Å². The van der Waals surface area contributed by atoms with Crippen molar-refractivity contribution in [3.8, 4) is 0 Å². The molecule has 0 heterocycles. The van der Waals surface area contributed by atoms with Gasteiger partial charge in [0.15, 0.2) is 0 Å². The maximum absolute atomic E-state index is 11.9. The Hall–Kier alpha value is -1.39. The van der Waals surface area contributed by atoms with Crippen molar-refractivity contribution in [2.45, 2.75) is 52.4 Å². The fourth-order valence-corrected chi connectivity index (χ4v) is 1.83. The molecule has 1 aromatic rings. The van der Waals surface area contributed by atoms with E-state index in [1.54, 1.807) is 7.11 Å². The maximum atomic E-state index is 11.9. The third kappa shape index (κ3) is 5.72. The number of nitrogens with one attached hydrogen (secondary N) is 2. The van der Waals surface area contributed by atoms with Crippen LogP contribution in [0.4, 0.5) is 0 Å². The molecule has 4 heteroatoms. The first-order valence-electron chi connectivity index (χ1n) is 7.17. The lowest BCUT2D eigenvalue weighted by Crippen LogP contribution is -2.45. The quantitative estimate of drug-likeness (QED) is 0.766. The third-order valence-electron chi connectivity index (χ3n) is 3.31. The van der Waals surface area contributed by atoms with E-state index in [0.717, 1.165) is 17.5 Å². The number of hydrogen-bond donors (Lipinski definition) is 2. The molecule has 0 saturated heterocycles. The SMILES string of the molecule is CCC(C)NC(=O)C(C)NCc1cccc(COC)c1. The van der Waals surface area contributed by atoms with Crippen molar-refractivity contribution >= 4 is 5.91 Å². The molecule has 2 unspecified atom stereocenters. The fraction of sp³-hybridized carbons (Fsp3) is 0.562. The predicted molar refractivity (Wildman–Crippen MR) is 81.4 cm³/mol. The first-order chi connectivity index (χ1) is 9.56. The summed E-state index contributed by atoms with van der Waals surface area (Å²) in [4.78, 5) is 11.9. The number of ether oxygens (including phenoxy) is 1. The molecule has 4 nitrogen and oxygen atoms in total. The Morgan fingerprint density at radius 1 is 1.30 bits per heavy atom. The van der Waals surface area contributed by atoms with Crippen molar-refractivity contribution in [2.75, 3.05) is 7.11 Å². The van der Waals surface area contributed by atoms with Gasteiger partial charge in [-0.3, -0.25) is 4.79 Å². The standard InChI is InChI=1S/C16H26N2O2/c1-5-12(2)18-16(19)13(3)17-10-14-7-6-8-15(9-14)11-20-4/h6-9,12-13,17H,5,10-11H2,1-4H3,(H,18,19). The van der Waals surface area contributed by atoms with Crippen molar-refractivity contribution in [2.24, 2.45) is 0 Å². The minimum atomic E-state index is -0.199. The molecule has 0 saturated carbocycles. The first kappa shape index (κ1) is 16.7. The number of rotatable bonds is 8. The van der Waals surface area contributed by atoms with E-state index in [1.807, 2.05) is 32.0 Å². The second kappa shape index (κ2) is 8.72. The number of carbonyl (C=O) groups is 1. The van der Waals surface area contributed by atoms with Crippen LogP contribution in [0.3, 0.4) is 0 Å². The molecule has 0 aliphatic heterocycles. The number of carbonyl (C=O) groups excluding carboxylic acids is 1. The highest BCUT2D eigenvalue weighted by molar-refractivity contribution is 5.81. The molecule has 2 atom stereocenters. The molecular weight excluding hydrogens is 252 g/mol. The van der Waals surface area contributed by atoms with Gasteiger partial charge in [0.05, 0.1) is 12.6 Å². The minimum absolute atomic E-state index is 0.0485. The molecule has 2 N–H and O–H groups in total. The Balaban J connectivity index is 2.45. The van der Waals surface area contributed by atoms with Crippen molar-refractivity contribution in [1.82, 2.24) is 10.6 Å². The lowest BCUT2D eigenvalue weighted by Gasteiger charge is -2.17. The van der Waals surface area contributed by atoms with Crippen LogP contribution in [0.5, 0.6) is 0 Å². The molecule has 0 aliphatic carbocycles. The number of benzene rings is 1. The zero-order valence-electron chi connectivity index (χ0n) is 12.9. The maximum Gasteiger partial charge on any atom is 0.237 e. The third-order valence-corrected chi connectivity index (χ3v) is 3.31. The van der Waals surface area contributed by atoms with Gasteiger partial charge in [0.25, 0.3) is 0 Å². The van der Waals surface area contributed by atoms with Crippen molar-refractivity contribution < 1.29 is 9.53 Å². The van der Waals surface area contributed by atoms with Crippen molar-refractivity contribution in [3.05, 3.63) is 35.4 Å².